The van der Waals surface area contributed by atoms with Crippen LogP contribution in [0.1, 0.15) is 42.9 Å². The van der Waals surface area contributed by atoms with Crippen LogP contribution in [0.4, 0.5) is 5.69 Å². The highest BCUT2D eigenvalue weighted by atomic mass is 16.5. The predicted molar refractivity (Wildman–Crippen MR) is 156 cm³/mol. The van der Waals surface area contributed by atoms with Crippen LogP contribution in [-0.4, -0.2) is 40.2 Å². The number of methoxy groups -OCH3 is 4. The normalized spacial score (nSPS) is 15.4. The molecule has 0 fully saturated rings. The zero-order valence-electron chi connectivity index (χ0n) is 23.0. The number of hydrazone groups is 1. The van der Waals surface area contributed by atoms with E-state index in [9.17, 15) is 0 Å². The van der Waals surface area contributed by atoms with Crippen molar-refractivity contribution in [1.29, 1.82) is 0 Å². The third kappa shape index (κ3) is 6.57. The Morgan fingerprint density at radius 3 is 1.68 bits per heavy atom. The lowest BCUT2D eigenvalue weighted by molar-refractivity contribution is 0.394. The van der Waals surface area contributed by atoms with Crippen LogP contribution < -0.4 is 24.0 Å². The fourth-order valence-corrected chi connectivity index (χ4v) is 4.33. The number of benzene rings is 3. The summed E-state index contributed by atoms with van der Waals surface area (Å²) in [5.41, 5.74) is 5.33. The van der Waals surface area contributed by atoms with Crippen LogP contribution in [-0.2, 0) is 0 Å². The van der Waals surface area contributed by atoms with Crippen LogP contribution in [0.3, 0.4) is 0 Å². The molecule has 0 spiro atoms. The van der Waals surface area contributed by atoms with Gasteiger partial charge in [0.2, 0.25) is 0 Å². The summed E-state index contributed by atoms with van der Waals surface area (Å²) in [6.45, 7) is 4.40. The molecule has 0 aliphatic carbocycles. The molecule has 0 bridgehead atoms. The minimum atomic E-state index is 0.0524. The van der Waals surface area contributed by atoms with E-state index < -0.39 is 0 Å². The molecule has 0 saturated carbocycles. The molecule has 6 nitrogen and oxygen atoms in total. The third-order valence-electron chi connectivity index (χ3n) is 6.52. The van der Waals surface area contributed by atoms with Gasteiger partial charge in [-0.15, -0.1) is 0 Å². The Morgan fingerprint density at radius 2 is 1.21 bits per heavy atom. The quantitative estimate of drug-likeness (QED) is 0.287. The predicted octanol–water partition coefficient (Wildman–Crippen LogP) is 7.21. The second-order valence-electron chi connectivity index (χ2n) is 9.44. The van der Waals surface area contributed by atoms with Gasteiger partial charge in [-0.3, -0.25) is 5.01 Å². The van der Waals surface area contributed by atoms with Crippen LogP contribution in [0, 0.1) is 0 Å². The van der Waals surface area contributed by atoms with Gasteiger partial charge in [-0.25, -0.2) is 0 Å². The molecule has 0 amide bonds. The first-order valence-corrected chi connectivity index (χ1v) is 12.7. The molecule has 0 aromatic heterocycles. The lowest BCUT2D eigenvalue weighted by atomic mass is 10.0. The first-order chi connectivity index (χ1) is 18.4. The minimum absolute atomic E-state index is 0.0524. The molecule has 4 rings (SSSR count). The molecule has 38 heavy (non-hydrogen) atoms. The van der Waals surface area contributed by atoms with Crippen LogP contribution in [0.25, 0.3) is 12.2 Å². The molecule has 3 aromatic rings. The Balaban J connectivity index is 1.63. The number of allylic oxidation sites excluding steroid dienone is 1. The van der Waals surface area contributed by atoms with Gasteiger partial charge in [-0.05, 0) is 65.1 Å². The highest BCUT2D eigenvalue weighted by molar-refractivity contribution is 6.01. The minimum Gasteiger partial charge on any atom is -0.497 e. The van der Waals surface area contributed by atoms with E-state index in [1.54, 1.807) is 28.4 Å². The number of hydrogen-bond acceptors (Lipinski definition) is 6. The summed E-state index contributed by atoms with van der Waals surface area (Å²) in [5, 5.41) is 7.08. The molecule has 0 radical (unpaired) electrons. The maximum atomic E-state index is 5.44. The van der Waals surface area contributed by atoms with Gasteiger partial charge >= 0.3 is 0 Å². The van der Waals surface area contributed by atoms with E-state index in [1.165, 1.54) is 5.56 Å². The fraction of sp³-hybridized carbons (Fsp3) is 0.281. The molecule has 3 aromatic carbocycles. The van der Waals surface area contributed by atoms with E-state index in [0.717, 1.165) is 51.9 Å². The van der Waals surface area contributed by atoms with Crippen molar-refractivity contribution >= 4 is 23.6 Å². The van der Waals surface area contributed by atoms with Crippen LogP contribution in [0.15, 0.2) is 77.9 Å². The topological polar surface area (TPSA) is 52.5 Å². The van der Waals surface area contributed by atoms with Crippen molar-refractivity contribution in [3.8, 4) is 23.0 Å². The van der Waals surface area contributed by atoms with Gasteiger partial charge in [0.1, 0.15) is 23.0 Å². The number of ether oxygens (including phenoxy) is 4. The molecule has 198 valence electrons. The standard InChI is InChI=1S/C32H36N2O4/c1-22(2)25-9-13-27(14-10-25)34-28(12-8-24-17-31(37-5)21-32(18-24)38-6)19-26(33-34)11-7-23-15-29(35-3)20-30(16-23)36-4/h7-18,20-22,28H,19H2,1-6H3. The Bertz CT molecular complexity index is 1280. The van der Waals surface area contributed by atoms with E-state index in [0.29, 0.717) is 5.92 Å². The zero-order valence-corrected chi connectivity index (χ0v) is 23.0. The average Bonchev–Trinajstić information content (AvgIpc) is 3.37. The molecule has 0 saturated heterocycles. The summed E-state index contributed by atoms with van der Waals surface area (Å²) in [6.07, 6.45) is 9.15. The van der Waals surface area contributed by atoms with Gasteiger partial charge in [-0.1, -0.05) is 44.2 Å². The van der Waals surface area contributed by atoms with Crippen molar-refractivity contribution in [2.45, 2.75) is 32.2 Å². The molecule has 1 aliphatic heterocycles. The Labute approximate surface area is 225 Å². The van der Waals surface area contributed by atoms with Gasteiger partial charge in [0, 0.05) is 18.6 Å². The molecule has 1 aliphatic rings. The van der Waals surface area contributed by atoms with Crippen molar-refractivity contribution < 1.29 is 18.9 Å². The molecule has 0 N–H and O–H groups in total. The lowest BCUT2D eigenvalue weighted by Crippen LogP contribution is -2.24. The monoisotopic (exact) mass is 512 g/mol. The average molecular weight is 513 g/mol. The number of rotatable bonds is 10. The van der Waals surface area contributed by atoms with Gasteiger partial charge in [-0.2, -0.15) is 5.10 Å². The molecule has 1 heterocycles. The van der Waals surface area contributed by atoms with E-state index in [2.05, 4.69) is 61.3 Å². The molecule has 6 heteroatoms. The SMILES string of the molecule is COc1cc(C=CC2=NN(c3ccc(C(C)C)cc3)C(C=Cc3cc(OC)cc(OC)c3)C2)cc(OC)c1. The summed E-state index contributed by atoms with van der Waals surface area (Å²) in [5.74, 6) is 3.48. The fourth-order valence-electron chi connectivity index (χ4n) is 4.33. The number of anilines is 1. The lowest BCUT2D eigenvalue weighted by Gasteiger charge is -2.21. The maximum Gasteiger partial charge on any atom is 0.123 e. The van der Waals surface area contributed by atoms with Crippen molar-refractivity contribution in [3.05, 3.63) is 89.5 Å². The summed E-state index contributed by atoms with van der Waals surface area (Å²) in [7, 11) is 6.62. The Hall–Kier alpha value is -4.19. The third-order valence-corrected chi connectivity index (χ3v) is 6.52. The second-order valence-corrected chi connectivity index (χ2v) is 9.44. The maximum absolute atomic E-state index is 5.44. The first-order valence-electron chi connectivity index (χ1n) is 12.7. The van der Waals surface area contributed by atoms with Crippen molar-refractivity contribution in [2.75, 3.05) is 33.4 Å². The Morgan fingerprint density at radius 1 is 0.711 bits per heavy atom. The number of hydrogen-bond donors (Lipinski definition) is 0. The summed E-state index contributed by atoms with van der Waals surface area (Å²) in [6, 6.07) is 20.4. The first kappa shape index (κ1) is 26.9. The highest BCUT2D eigenvalue weighted by Crippen LogP contribution is 2.30. The molecule has 1 atom stereocenters. The van der Waals surface area contributed by atoms with Crippen LogP contribution >= 0.6 is 0 Å². The zero-order chi connectivity index (χ0) is 27.1. The van der Waals surface area contributed by atoms with Gasteiger partial charge in [0.15, 0.2) is 0 Å². The summed E-state index contributed by atoms with van der Waals surface area (Å²) < 4.78 is 21.7. The van der Waals surface area contributed by atoms with Gasteiger partial charge < -0.3 is 18.9 Å². The largest absolute Gasteiger partial charge is 0.497 e. The highest BCUT2D eigenvalue weighted by Gasteiger charge is 2.24. The second kappa shape index (κ2) is 12.4. The van der Waals surface area contributed by atoms with E-state index in [-0.39, 0.29) is 6.04 Å². The molecular formula is C32H36N2O4. The van der Waals surface area contributed by atoms with Crippen molar-refractivity contribution in [2.24, 2.45) is 5.10 Å². The summed E-state index contributed by atoms with van der Waals surface area (Å²) in [4.78, 5) is 0. The van der Waals surface area contributed by atoms with Crippen molar-refractivity contribution in [1.82, 2.24) is 0 Å². The molecular weight excluding hydrogens is 476 g/mol. The van der Waals surface area contributed by atoms with Gasteiger partial charge in [0.25, 0.3) is 0 Å². The van der Waals surface area contributed by atoms with Crippen molar-refractivity contribution in [3.63, 3.8) is 0 Å². The van der Waals surface area contributed by atoms with E-state index >= 15 is 0 Å². The smallest absolute Gasteiger partial charge is 0.123 e. The summed E-state index contributed by atoms with van der Waals surface area (Å²) >= 11 is 0. The number of nitrogens with zero attached hydrogens (tertiary/aromatic N) is 2. The van der Waals surface area contributed by atoms with E-state index in [4.69, 9.17) is 24.0 Å². The van der Waals surface area contributed by atoms with Gasteiger partial charge in [0.05, 0.1) is 45.9 Å². The molecule has 1 unspecified atom stereocenters. The van der Waals surface area contributed by atoms with Crippen LogP contribution in [0.2, 0.25) is 0 Å². The van der Waals surface area contributed by atoms with E-state index in [1.807, 2.05) is 42.5 Å². The Kier molecular flexibility index (Phi) is 8.74. The van der Waals surface area contributed by atoms with Crippen LogP contribution in [0.5, 0.6) is 23.0 Å².